The summed E-state index contributed by atoms with van der Waals surface area (Å²) in [5.41, 5.74) is -3.03. The molecular weight excluding hydrogens is 432 g/mol. The van der Waals surface area contributed by atoms with E-state index in [2.05, 4.69) is 4.84 Å². The lowest BCUT2D eigenvalue weighted by atomic mass is 10.1. The number of hydrogen-bond acceptors (Lipinski definition) is 4. The molecule has 0 aliphatic rings. The van der Waals surface area contributed by atoms with E-state index in [0.717, 1.165) is 18.2 Å². The molecule has 2 aromatic carbocycles. The van der Waals surface area contributed by atoms with Crippen molar-refractivity contribution in [2.24, 2.45) is 0 Å². The van der Waals surface area contributed by atoms with E-state index in [1.165, 1.54) is 5.48 Å². The fourth-order valence-corrected chi connectivity index (χ4v) is 2.02. The highest BCUT2D eigenvalue weighted by molar-refractivity contribution is 6.03. The van der Waals surface area contributed by atoms with Crippen LogP contribution in [0, 0.1) is 40.4 Å². The standard InChI is InChI=1S/C17H6F8N2O3/c18-10-9(11(19)13(21)14(22)12(10)20)15(28)8(5-26)16(29)27-30-7-3-1-6(2-4-7)17(23,24)25/h1-4,28H,(H,27,29)/b15-8+. The molecule has 0 aliphatic carbocycles. The molecule has 0 atom stereocenters. The van der Waals surface area contributed by atoms with Crippen LogP contribution in [0.1, 0.15) is 11.1 Å². The number of aliphatic hydroxyl groups excluding tert-OH is 1. The minimum Gasteiger partial charge on any atom is -0.505 e. The fraction of sp³-hybridized carbons (Fsp3) is 0.0588. The average Bonchev–Trinajstić information content (AvgIpc) is 2.69. The van der Waals surface area contributed by atoms with E-state index < -0.39 is 63.6 Å². The molecule has 0 bridgehead atoms. The second-order valence-corrected chi connectivity index (χ2v) is 5.34. The highest BCUT2D eigenvalue weighted by atomic mass is 19.4. The first-order valence-corrected chi connectivity index (χ1v) is 7.39. The minimum atomic E-state index is -4.65. The minimum absolute atomic E-state index is 0.385. The van der Waals surface area contributed by atoms with Gasteiger partial charge >= 0.3 is 6.18 Å². The lowest BCUT2D eigenvalue weighted by molar-refractivity contribution is -0.137. The van der Waals surface area contributed by atoms with Gasteiger partial charge in [-0.3, -0.25) is 4.79 Å². The van der Waals surface area contributed by atoms with Gasteiger partial charge in [0.05, 0.1) is 11.1 Å². The lowest BCUT2D eigenvalue weighted by Gasteiger charge is -2.11. The normalized spacial score (nSPS) is 12.1. The zero-order valence-electron chi connectivity index (χ0n) is 14.0. The van der Waals surface area contributed by atoms with Crippen LogP contribution >= 0.6 is 0 Å². The van der Waals surface area contributed by atoms with Crippen molar-refractivity contribution in [3.8, 4) is 11.8 Å². The van der Waals surface area contributed by atoms with Gasteiger partial charge in [-0.1, -0.05) is 0 Å². The van der Waals surface area contributed by atoms with Crippen molar-refractivity contribution in [2.75, 3.05) is 0 Å². The van der Waals surface area contributed by atoms with Gasteiger partial charge in [-0.15, -0.1) is 0 Å². The third kappa shape index (κ3) is 4.27. The quantitative estimate of drug-likeness (QED) is 0.142. The predicted octanol–water partition coefficient (Wildman–Crippen LogP) is 4.30. The summed E-state index contributed by atoms with van der Waals surface area (Å²) in [5.74, 6) is -16.4. The molecular formula is C17H6F8N2O3. The number of hydrogen-bond donors (Lipinski definition) is 2. The van der Waals surface area contributed by atoms with Gasteiger partial charge in [-0.25, -0.2) is 22.0 Å². The first kappa shape index (κ1) is 22.5. The van der Waals surface area contributed by atoms with Gasteiger partial charge < -0.3 is 9.94 Å². The maximum absolute atomic E-state index is 13.7. The summed E-state index contributed by atoms with van der Waals surface area (Å²) in [5, 5.41) is 18.7. The van der Waals surface area contributed by atoms with Crippen LogP contribution in [0.4, 0.5) is 35.1 Å². The lowest BCUT2D eigenvalue weighted by Crippen LogP contribution is -2.29. The number of alkyl halides is 3. The summed E-state index contributed by atoms with van der Waals surface area (Å²) in [7, 11) is 0. The van der Waals surface area contributed by atoms with Crippen molar-refractivity contribution in [3.05, 3.63) is 70.1 Å². The summed E-state index contributed by atoms with van der Waals surface area (Å²) < 4.78 is 104. The smallest absolute Gasteiger partial charge is 0.416 e. The van der Waals surface area contributed by atoms with Crippen LogP contribution in [0.15, 0.2) is 29.8 Å². The number of halogens is 8. The fourth-order valence-electron chi connectivity index (χ4n) is 2.02. The van der Waals surface area contributed by atoms with Crippen molar-refractivity contribution < 1.29 is 49.9 Å². The molecule has 0 aromatic heterocycles. The zero-order valence-corrected chi connectivity index (χ0v) is 14.0. The molecule has 1 amide bonds. The Bertz CT molecular complexity index is 1040. The summed E-state index contributed by atoms with van der Waals surface area (Å²) in [6.45, 7) is 0. The van der Waals surface area contributed by atoms with E-state index in [4.69, 9.17) is 5.26 Å². The second kappa shape index (κ2) is 8.27. The number of rotatable bonds is 4. The molecule has 2 N–H and O–H groups in total. The molecule has 0 heterocycles. The Kier molecular flexibility index (Phi) is 6.20. The second-order valence-electron chi connectivity index (χ2n) is 5.34. The Morgan fingerprint density at radius 1 is 0.933 bits per heavy atom. The molecule has 30 heavy (non-hydrogen) atoms. The molecule has 0 radical (unpaired) electrons. The Balaban J connectivity index is 2.32. The first-order valence-electron chi connectivity index (χ1n) is 7.39. The van der Waals surface area contributed by atoms with Gasteiger partial charge in [0.25, 0.3) is 5.91 Å². The maximum Gasteiger partial charge on any atom is 0.416 e. The first-order chi connectivity index (χ1) is 13.9. The van der Waals surface area contributed by atoms with E-state index >= 15 is 0 Å². The number of carbonyl (C=O) groups excluding carboxylic acids is 1. The highest BCUT2D eigenvalue weighted by Gasteiger charge is 2.31. The average molecular weight is 438 g/mol. The monoisotopic (exact) mass is 438 g/mol. The number of amides is 1. The number of nitrogens with one attached hydrogen (secondary N) is 1. The summed E-state index contributed by atoms with van der Waals surface area (Å²) in [6, 6.07) is 3.68. The Morgan fingerprint density at radius 2 is 1.40 bits per heavy atom. The third-order valence-corrected chi connectivity index (χ3v) is 3.47. The molecule has 0 unspecified atom stereocenters. The molecule has 5 nitrogen and oxygen atoms in total. The van der Waals surface area contributed by atoms with Crippen LogP contribution in [-0.4, -0.2) is 11.0 Å². The van der Waals surface area contributed by atoms with Crippen molar-refractivity contribution in [1.82, 2.24) is 5.48 Å². The molecule has 158 valence electrons. The van der Waals surface area contributed by atoms with E-state index in [0.29, 0.717) is 12.1 Å². The largest absolute Gasteiger partial charge is 0.505 e. The van der Waals surface area contributed by atoms with Crippen LogP contribution in [0.3, 0.4) is 0 Å². The van der Waals surface area contributed by atoms with Gasteiger partial charge in [0, 0.05) is 0 Å². The maximum atomic E-state index is 13.7. The molecule has 2 aromatic rings. The zero-order chi connectivity index (χ0) is 22.8. The molecule has 13 heteroatoms. The highest BCUT2D eigenvalue weighted by Crippen LogP contribution is 2.31. The van der Waals surface area contributed by atoms with Gasteiger partial charge in [0.2, 0.25) is 5.82 Å². The van der Waals surface area contributed by atoms with Gasteiger partial charge in [-0.2, -0.15) is 23.9 Å². The molecule has 2 rings (SSSR count). The van der Waals surface area contributed by atoms with Gasteiger partial charge in [0.1, 0.15) is 6.07 Å². The van der Waals surface area contributed by atoms with Crippen molar-refractivity contribution >= 4 is 11.7 Å². The van der Waals surface area contributed by atoms with Crippen LogP contribution in [0.5, 0.6) is 5.75 Å². The SMILES string of the molecule is N#C/C(C(=O)NOc1ccc(C(F)(F)F)cc1)=C(\O)c1c(F)c(F)c(F)c(F)c1F. The number of hydroxylamine groups is 1. The number of nitrogens with zero attached hydrogens (tertiary/aromatic N) is 1. The van der Waals surface area contributed by atoms with Gasteiger partial charge in [-0.05, 0) is 24.3 Å². The number of carbonyl (C=O) groups is 1. The van der Waals surface area contributed by atoms with E-state index in [-0.39, 0.29) is 5.75 Å². The Hall–Kier alpha value is -3.82. The van der Waals surface area contributed by atoms with E-state index in [9.17, 15) is 45.0 Å². The topological polar surface area (TPSA) is 82.4 Å². The van der Waals surface area contributed by atoms with Crippen molar-refractivity contribution in [1.29, 1.82) is 5.26 Å². The summed E-state index contributed by atoms with van der Waals surface area (Å²) >= 11 is 0. The molecule has 0 fully saturated rings. The Morgan fingerprint density at radius 3 is 1.83 bits per heavy atom. The third-order valence-electron chi connectivity index (χ3n) is 3.47. The molecule has 0 aliphatic heterocycles. The number of aliphatic hydroxyl groups is 1. The number of nitriles is 1. The van der Waals surface area contributed by atoms with Crippen molar-refractivity contribution in [2.45, 2.75) is 6.18 Å². The Labute approximate surface area is 161 Å². The van der Waals surface area contributed by atoms with Crippen molar-refractivity contribution in [3.63, 3.8) is 0 Å². The van der Waals surface area contributed by atoms with E-state index in [1.807, 2.05) is 0 Å². The summed E-state index contributed by atoms with van der Waals surface area (Å²) in [6.07, 6.45) is -4.65. The van der Waals surface area contributed by atoms with E-state index in [1.54, 1.807) is 0 Å². The number of benzene rings is 2. The predicted molar refractivity (Wildman–Crippen MR) is 81.6 cm³/mol. The summed E-state index contributed by atoms with van der Waals surface area (Å²) in [4.78, 5) is 16.5. The van der Waals surface area contributed by atoms with Crippen LogP contribution < -0.4 is 10.3 Å². The molecule has 0 saturated carbocycles. The van der Waals surface area contributed by atoms with Gasteiger partial charge in [0.15, 0.2) is 40.4 Å². The van der Waals surface area contributed by atoms with Crippen LogP contribution in [0.25, 0.3) is 5.76 Å². The molecule has 0 spiro atoms. The van der Waals surface area contributed by atoms with Crippen LogP contribution in [0.2, 0.25) is 0 Å². The van der Waals surface area contributed by atoms with Crippen LogP contribution in [-0.2, 0) is 11.0 Å². The molecule has 0 saturated heterocycles.